The van der Waals surface area contributed by atoms with Gasteiger partial charge < -0.3 is 14.8 Å². The molecule has 0 bridgehead atoms. The standard InChI is InChI=1S/C9H17NO5S/c1-14-3-4-15-9(11)10-6-8-2-5-16(12,13)7-8/h8H,2-7H2,1H3,(H,10,11). The number of rotatable bonds is 5. The second-order valence-electron chi connectivity index (χ2n) is 3.78. The highest BCUT2D eigenvalue weighted by Gasteiger charge is 2.27. The summed E-state index contributed by atoms with van der Waals surface area (Å²) in [7, 11) is -1.36. The molecule has 0 spiro atoms. The first kappa shape index (κ1) is 13.2. The molecule has 1 amide bonds. The van der Waals surface area contributed by atoms with E-state index in [0.29, 0.717) is 19.6 Å². The molecule has 1 saturated heterocycles. The van der Waals surface area contributed by atoms with Crippen LogP contribution in [0.15, 0.2) is 0 Å². The summed E-state index contributed by atoms with van der Waals surface area (Å²) in [6.07, 6.45) is 0.0853. The van der Waals surface area contributed by atoms with Crippen molar-refractivity contribution in [3.05, 3.63) is 0 Å². The van der Waals surface area contributed by atoms with Gasteiger partial charge in [-0.3, -0.25) is 0 Å². The highest BCUT2D eigenvalue weighted by atomic mass is 32.2. The molecule has 0 aliphatic carbocycles. The third-order valence-electron chi connectivity index (χ3n) is 2.38. The number of carbonyl (C=O) groups is 1. The van der Waals surface area contributed by atoms with Crippen LogP contribution < -0.4 is 5.32 Å². The summed E-state index contributed by atoms with van der Waals surface area (Å²) in [6, 6.07) is 0. The zero-order valence-corrected chi connectivity index (χ0v) is 10.1. The minimum Gasteiger partial charge on any atom is -0.447 e. The third kappa shape index (κ3) is 4.80. The maximum absolute atomic E-state index is 11.1. The van der Waals surface area contributed by atoms with Gasteiger partial charge in [-0.25, -0.2) is 13.2 Å². The van der Waals surface area contributed by atoms with Gasteiger partial charge in [0, 0.05) is 13.7 Å². The van der Waals surface area contributed by atoms with Crippen molar-refractivity contribution < 1.29 is 22.7 Å². The second-order valence-corrected chi connectivity index (χ2v) is 6.01. The van der Waals surface area contributed by atoms with Crippen LogP contribution in [0.25, 0.3) is 0 Å². The zero-order valence-electron chi connectivity index (χ0n) is 9.27. The van der Waals surface area contributed by atoms with Crippen LogP contribution in [0.5, 0.6) is 0 Å². The van der Waals surface area contributed by atoms with E-state index in [9.17, 15) is 13.2 Å². The Morgan fingerprint density at radius 2 is 2.19 bits per heavy atom. The van der Waals surface area contributed by atoms with Gasteiger partial charge in [0.15, 0.2) is 9.84 Å². The van der Waals surface area contributed by atoms with Gasteiger partial charge in [0.1, 0.15) is 6.61 Å². The third-order valence-corrected chi connectivity index (χ3v) is 4.22. The molecule has 1 atom stereocenters. The van der Waals surface area contributed by atoms with Crippen LogP contribution in [-0.2, 0) is 19.3 Å². The summed E-state index contributed by atoms with van der Waals surface area (Å²) in [4.78, 5) is 11.1. The molecule has 6 nitrogen and oxygen atoms in total. The van der Waals surface area contributed by atoms with E-state index in [1.165, 1.54) is 7.11 Å². The minimum atomic E-state index is -2.88. The molecule has 94 valence electrons. The summed E-state index contributed by atoms with van der Waals surface area (Å²) in [5, 5.41) is 2.54. The molecule has 1 fully saturated rings. The first-order chi connectivity index (χ1) is 7.53. The van der Waals surface area contributed by atoms with Gasteiger partial charge in [-0.05, 0) is 12.3 Å². The van der Waals surface area contributed by atoms with E-state index in [1.54, 1.807) is 0 Å². The van der Waals surface area contributed by atoms with Crippen LogP contribution >= 0.6 is 0 Å². The summed E-state index contributed by atoms with van der Waals surface area (Å²) in [6.45, 7) is 0.904. The van der Waals surface area contributed by atoms with Crippen molar-refractivity contribution in [1.29, 1.82) is 0 Å². The first-order valence-electron chi connectivity index (χ1n) is 5.13. The zero-order chi connectivity index (χ0) is 12.0. The fraction of sp³-hybridized carbons (Fsp3) is 0.889. The Bertz CT molecular complexity index is 327. The molecule has 0 aromatic carbocycles. The number of hydrogen-bond donors (Lipinski definition) is 1. The molecule has 1 aliphatic rings. The molecule has 1 rings (SSSR count). The number of alkyl carbamates (subject to hydrolysis) is 1. The van der Waals surface area contributed by atoms with Crippen molar-refractivity contribution in [3.63, 3.8) is 0 Å². The fourth-order valence-corrected chi connectivity index (χ4v) is 3.39. The lowest BCUT2D eigenvalue weighted by atomic mass is 10.1. The maximum Gasteiger partial charge on any atom is 0.407 e. The number of methoxy groups -OCH3 is 1. The van der Waals surface area contributed by atoms with E-state index >= 15 is 0 Å². The Morgan fingerprint density at radius 3 is 2.75 bits per heavy atom. The van der Waals surface area contributed by atoms with Gasteiger partial charge in [-0.1, -0.05) is 0 Å². The molecule has 1 unspecified atom stereocenters. The van der Waals surface area contributed by atoms with Gasteiger partial charge >= 0.3 is 6.09 Å². The summed E-state index contributed by atoms with van der Waals surface area (Å²) in [5.74, 6) is 0.392. The number of hydrogen-bond acceptors (Lipinski definition) is 5. The molecule has 0 radical (unpaired) electrons. The van der Waals surface area contributed by atoms with Crippen LogP contribution in [0.1, 0.15) is 6.42 Å². The topological polar surface area (TPSA) is 81.7 Å². The maximum atomic E-state index is 11.1. The van der Waals surface area contributed by atoms with Gasteiger partial charge in [-0.2, -0.15) is 0 Å². The van der Waals surface area contributed by atoms with Crippen molar-refractivity contribution >= 4 is 15.9 Å². The molecular formula is C9H17NO5S. The molecule has 16 heavy (non-hydrogen) atoms. The van der Waals surface area contributed by atoms with Crippen LogP contribution in [0.4, 0.5) is 4.79 Å². The largest absolute Gasteiger partial charge is 0.447 e. The van der Waals surface area contributed by atoms with E-state index in [0.717, 1.165) is 0 Å². The molecule has 1 N–H and O–H groups in total. The Balaban J connectivity index is 2.13. The highest BCUT2D eigenvalue weighted by molar-refractivity contribution is 7.91. The lowest BCUT2D eigenvalue weighted by Gasteiger charge is -2.09. The van der Waals surface area contributed by atoms with Gasteiger partial charge in [-0.15, -0.1) is 0 Å². The monoisotopic (exact) mass is 251 g/mol. The Kier molecular flexibility index (Phi) is 5.01. The number of ether oxygens (including phenoxy) is 2. The molecule has 0 aromatic heterocycles. The van der Waals surface area contributed by atoms with Gasteiger partial charge in [0.25, 0.3) is 0 Å². The van der Waals surface area contributed by atoms with Crippen molar-refractivity contribution in [3.8, 4) is 0 Å². The summed E-state index contributed by atoms with van der Waals surface area (Å²) < 4.78 is 31.8. The highest BCUT2D eigenvalue weighted by Crippen LogP contribution is 2.17. The van der Waals surface area contributed by atoms with E-state index < -0.39 is 15.9 Å². The van der Waals surface area contributed by atoms with Crippen molar-refractivity contribution in [1.82, 2.24) is 5.32 Å². The predicted octanol–water partition coefficient (Wildman–Crippen LogP) is -0.206. The fourth-order valence-electron chi connectivity index (χ4n) is 1.53. The SMILES string of the molecule is COCCOC(=O)NCC1CCS(=O)(=O)C1. The van der Waals surface area contributed by atoms with Gasteiger partial charge in [0.05, 0.1) is 18.1 Å². The molecule has 1 aliphatic heterocycles. The summed E-state index contributed by atoms with van der Waals surface area (Å²) >= 11 is 0. The van der Waals surface area contributed by atoms with Gasteiger partial charge in [0.2, 0.25) is 0 Å². The van der Waals surface area contributed by atoms with E-state index in [-0.39, 0.29) is 24.0 Å². The minimum absolute atomic E-state index is 0.0139. The van der Waals surface area contributed by atoms with E-state index in [1.807, 2.05) is 0 Å². The molecule has 0 aromatic rings. The number of carbonyl (C=O) groups excluding carboxylic acids is 1. The predicted molar refractivity (Wildman–Crippen MR) is 58.0 cm³/mol. The van der Waals surface area contributed by atoms with E-state index in [2.05, 4.69) is 5.32 Å². The summed E-state index contributed by atoms with van der Waals surface area (Å²) in [5.41, 5.74) is 0. The first-order valence-corrected chi connectivity index (χ1v) is 6.95. The van der Waals surface area contributed by atoms with Crippen LogP contribution in [0.2, 0.25) is 0 Å². The van der Waals surface area contributed by atoms with Crippen molar-refractivity contribution in [2.75, 3.05) is 38.4 Å². The van der Waals surface area contributed by atoms with Crippen molar-refractivity contribution in [2.24, 2.45) is 5.92 Å². The number of sulfone groups is 1. The van der Waals surface area contributed by atoms with E-state index in [4.69, 9.17) is 9.47 Å². The molecule has 7 heteroatoms. The smallest absolute Gasteiger partial charge is 0.407 e. The Hall–Kier alpha value is -0.820. The number of amides is 1. The molecular weight excluding hydrogens is 234 g/mol. The lowest BCUT2D eigenvalue weighted by molar-refractivity contribution is 0.0979. The normalized spacial score (nSPS) is 22.9. The van der Waals surface area contributed by atoms with Crippen molar-refractivity contribution in [2.45, 2.75) is 6.42 Å². The quantitative estimate of drug-likeness (QED) is 0.684. The average molecular weight is 251 g/mol. The Labute approximate surface area is 95.2 Å². The molecule has 1 heterocycles. The average Bonchev–Trinajstić information content (AvgIpc) is 2.56. The number of nitrogens with one attached hydrogen (secondary N) is 1. The Morgan fingerprint density at radius 1 is 1.44 bits per heavy atom. The van der Waals surface area contributed by atoms with Crippen LogP contribution in [0, 0.1) is 5.92 Å². The van der Waals surface area contributed by atoms with Crippen LogP contribution in [-0.4, -0.2) is 52.9 Å². The second kappa shape index (κ2) is 6.05. The van der Waals surface area contributed by atoms with Crippen LogP contribution in [0.3, 0.4) is 0 Å². The molecule has 0 saturated carbocycles. The lowest BCUT2D eigenvalue weighted by Crippen LogP contribution is -2.31.